The molecule has 0 saturated carbocycles. The number of thioether (sulfide) groups is 1. The molecule has 0 aromatic carbocycles. The Labute approximate surface area is 130 Å². The lowest BCUT2D eigenvalue weighted by molar-refractivity contribution is -0.119. The molecule has 0 fully saturated rings. The molecule has 2 aromatic heterocycles. The molecule has 22 heavy (non-hydrogen) atoms. The van der Waals surface area contributed by atoms with Crippen molar-refractivity contribution in [1.29, 1.82) is 0 Å². The number of allylic oxidation sites excluding steroid dienone is 1. The van der Waals surface area contributed by atoms with Crippen LogP contribution < -0.4 is 11.1 Å². The maximum absolute atomic E-state index is 11.7. The zero-order valence-corrected chi connectivity index (χ0v) is 12.7. The minimum Gasteiger partial charge on any atom is -0.461 e. The topological polar surface area (TPSA) is 116 Å². The second-order valence-corrected chi connectivity index (χ2v) is 5.60. The Morgan fingerprint density at radius 2 is 2.36 bits per heavy atom. The fraction of sp³-hybridized carbons (Fsp3) is 0.231. The normalized spacial score (nSPS) is 11.9. The fourth-order valence-corrected chi connectivity index (χ4v) is 2.55. The number of aromatic nitrogens is 3. The van der Waals surface area contributed by atoms with Crippen molar-refractivity contribution in [2.45, 2.75) is 23.9 Å². The predicted octanol–water partition coefficient (Wildman–Crippen LogP) is 1.40. The first-order valence-electron chi connectivity index (χ1n) is 6.38. The lowest BCUT2D eigenvalue weighted by atomic mass is 10.4. The number of urea groups is 1. The SMILES string of the molecule is C=CCn1c(SC(C)C(=O)NC(N)=O)nnc1-c1ccco1. The summed E-state index contributed by atoms with van der Waals surface area (Å²) < 4.78 is 7.09. The van der Waals surface area contributed by atoms with Crippen molar-refractivity contribution in [3.05, 3.63) is 31.1 Å². The van der Waals surface area contributed by atoms with Gasteiger partial charge in [0.15, 0.2) is 10.9 Å². The molecule has 3 amide bonds. The molecule has 0 aliphatic rings. The Morgan fingerprint density at radius 1 is 1.59 bits per heavy atom. The van der Waals surface area contributed by atoms with Crippen molar-refractivity contribution in [3.8, 4) is 11.6 Å². The maximum Gasteiger partial charge on any atom is 0.318 e. The molecule has 0 aliphatic carbocycles. The summed E-state index contributed by atoms with van der Waals surface area (Å²) >= 11 is 1.16. The number of nitrogens with one attached hydrogen (secondary N) is 1. The Morgan fingerprint density at radius 3 is 2.95 bits per heavy atom. The molecule has 0 saturated heterocycles. The molecule has 2 aromatic rings. The second kappa shape index (κ2) is 6.94. The summed E-state index contributed by atoms with van der Waals surface area (Å²) in [6, 6.07) is 2.63. The predicted molar refractivity (Wildman–Crippen MR) is 81.0 cm³/mol. The van der Waals surface area contributed by atoms with E-state index in [4.69, 9.17) is 10.2 Å². The van der Waals surface area contributed by atoms with E-state index in [1.54, 1.807) is 29.7 Å². The van der Waals surface area contributed by atoms with Crippen LogP contribution in [-0.4, -0.2) is 32.0 Å². The van der Waals surface area contributed by atoms with Crippen LogP contribution in [0.2, 0.25) is 0 Å². The van der Waals surface area contributed by atoms with Crippen LogP contribution in [-0.2, 0) is 11.3 Å². The number of hydrogen-bond acceptors (Lipinski definition) is 6. The summed E-state index contributed by atoms with van der Waals surface area (Å²) in [6.07, 6.45) is 3.23. The van der Waals surface area contributed by atoms with E-state index in [1.807, 2.05) is 5.32 Å². The highest BCUT2D eigenvalue weighted by Crippen LogP contribution is 2.27. The van der Waals surface area contributed by atoms with Crippen LogP contribution >= 0.6 is 11.8 Å². The van der Waals surface area contributed by atoms with Crippen LogP contribution in [0.25, 0.3) is 11.6 Å². The molecule has 2 rings (SSSR count). The van der Waals surface area contributed by atoms with Crippen molar-refractivity contribution in [2.75, 3.05) is 0 Å². The molecular weight excluding hydrogens is 306 g/mol. The molecule has 0 spiro atoms. The monoisotopic (exact) mass is 321 g/mol. The van der Waals surface area contributed by atoms with Gasteiger partial charge in [0.2, 0.25) is 11.7 Å². The molecule has 8 nitrogen and oxygen atoms in total. The number of hydrogen-bond donors (Lipinski definition) is 2. The van der Waals surface area contributed by atoms with Gasteiger partial charge in [-0.25, -0.2) is 4.79 Å². The van der Waals surface area contributed by atoms with Gasteiger partial charge in [-0.1, -0.05) is 17.8 Å². The van der Waals surface area contributed by atoms with E-state index in [9.17, 15) is 9.59 Å². The molecule has 0 bridgehead atoms. The number of primary amides is 1. The molecule has 0 radical (unpaired) electrons. The number of carbonyl (C=O) groups is 2. The summed E-state index contributed by atoms with van der Waals surface area (Å²) in [7, 11) is 0. The molecule has 1 atom stereocenters. The van der Waals surface area contributed by atoms with Crippen LogP contribution in [0.4, 0.5) is 4.79 Å². The number of amides is 3. The van der Waals surface area contributed by atoms with E-state index in [1.165, 1.54) is 6.26 Å². The van der Waals surface area contributed by atoms with E-state index < -0.39 is 17.2 Å². The number of furan rings is 1. The number of rotatable bonds is 6. The molecule has 3 N–H and O–H groups in total. The highest BCUT2D eigenvalue weighted by atomic mass is 32.2. The minimum atomic E-state index is -0.888. The maximum atomic E-state index is 11.7. The lowest BCUT2D eigenvalue weighted by Gasteiger charge is -2.10. The summed E-state index contributed by atoms with van der Waals surface area (Å²) in [4.78, 5) is 22.5. The van der Waals surface area contributed by atoms with Crippen molar-refractivity contribution in [3.63, 3.8) is 0 Å². The molecule has 9 heteroatoms. The van der Waals surface area contributed by atoms with Gasteiger partial charge in [-0.15, -0.1) is 16.8 Å². The van der Waals surface area contributed by atoms with Crippen LogP contribution in [0.1, 0.15) is 6.92 Å². The molecule has 1 unspecified atom stereocenters. The summed E-state index contributed by atoms with van der Waals surface area (Å²) in [5, 5.41) is 10.1. The standard InChI is InChI=1S/C13H15N5O3S/c1-3-6-18-10(9-5-4-7-21-9)16-17-13(18)22-8(2)11(19)15-12(14)20/h3-5,7-8H,1,6H2,2H3,(H3,14,15,19,20). The Kier molecular flexibility index (Phi) is 4.99. The van der Waals surface area contributed by atoms with Gasteiger partial charge in [0.25, 0.3) is 0 Å². The zero-order chi connectivity index (χ0) is 16.1. The zero-order valence-electron chi connectivity index (χ0n) is 11.9. The Bertz CT molecular complexity index is 680. The first-order valence-corrected chi connectivity index (χ1v) is 7.25. The third kappa shape index (κ3) is 3.55. The largest absolute Gasteiger partial charge is 0.461 e. The first-order chi connectivity index (χ1) is 10.5. The molecular formula is C13H15N5O3S. The van der Waals surface area contributed by atoms with Gasteiger partial charge in [0, 0.05) is 6.54 Å². The Balaban J connectivity index is 2.22. The van der Waals surface area contributed by atoms with Gasteiger partial charge in [-0.3, -0.25) is 14.7 Å². The average molecular weight is 321 g/mol. The van der Waals surface area contributed by atoms with Crippen LogP contribution in [0, 0.1) is 0 Å². The second-order valence-electron chi connectivity index (χ2n) is 4.30. The number of carbonyl (C=O) groups excluding carboxylic acids is 2. The van der Waals surface area contributed by atoms with Crippen molar-refractivity contribution in [2.24, 2.45) is 5.73 Å². The number of nitrogens with two attached hydrogens (primary N) is 1. The van der Waals surface area contributed by atoms with Gasteiger partial charge in [-0.05, 0) is 19.1 Å². The quantitative estimate of drug-likeness (QED) is 0.613. The third-order valence-corrected chi connectivity index (χ3v) is 3.75. The summed E-state index contributed by atoms with van der Waals surface area (Å²) in [6.45, 7) is 5.79. The van der Waals surface area contributed by atoms with E-state index >= 15 is 0 Å². The average Bonchev–Trinajstić information content (AvgIpc) is 3.09. The summed E-state index contributed by atoms with van der Waals surface area (Å²) in [5.41, 5.74) is 4.93. The molecule has 0 aliphatic heterocycles. The molecule has 116 valence electrons. The van der Waals surface area contributed by atoms with Gasteiger partial charge in [0.1, 0.15) is 0 Å². The smallest absolute Gasteiger partial charge is 0.318 e. The van der Waals surface area contributed by atoms with Crippen molar-refractivity contribution < 1.29 is 14.0 Å². The van der Waals surface area contributed by atoms with E-state index in [0.29, 0.717) is 23.3 Å². The van der Waals surface area contributed by atoms with E-state index in [-0.39, 0.29) is 0 Å². The van der Waals surface area contributed by atoms with Gasteiger partial charge >= 0.3 is 6.03 Å². The van der Waals surface area contributed by atoms with Gasteiger partial charge < -0.3 is 10.2 Å². The van der Waals surface area contributed by atoms with Crippen molar-refractivity contribution in [1.82, 2.24) is 20.1 Å². The van der Waals surface area contributed by atoms with Gasteiger partial charge in [0.05, 0.1) is 11.5 Å². The first kappa shape index (κ1) is 15.8. The van der Waals surface area contributed by atoms with Crippen LogP contribution in [0.15, 0.2) is 40.6 Å². The summed E-state index contributed by atoms with van der Waals surface area (Å²) in [5.74, 6) is 0.607. The van der Waals surface area contributed by atoms with E-state index in [0.717, 1.165) is 11.8 Å². The third-order valence-electron chi connectivity index (χ3n) is 2.67. The highest BCUT2D eigenvalue weighted by molar-refractivity contribution is 8.00. The van der Waals surface area contributed by atoms with Gasteiger partial charge in [-0.2, -0.15) is 0 Å². The fourth-order valence-electron chi connectivity index (χ4n) is 1.69. The minimum absolute atomic E-state index is 0.454. The van der Waals surface area contributed by atoms with Crippen LogP contribution in [0.5, 0.6) is 0 Å². The van der Waals surface area contributed by atoms with Crippen LogP contribution in [0.3, 0.4) is 0 Å². The number of imide groups is 1. The van der Waals surface area contributed by atoms with E-state index in [2.05, 4.69) is 16.8 Å². The molecule has 2 heterocycles. The Hall–Kier alpha value is -2.55. The highest BCUT2D eigenvalue weighted by Gasteiger charge is 2.21. The van der Waals surface area contributed by atoms with Crippen molar-refractivity contribution >= 4 is 23.7 Å². The number of nitrogens with zero attached hydrogens (tertiary/aromatic N) is 3. The lowest BCUT2D eigenvalue weighted by Crippen LogP contribution is -2.39.